The second kappa shape index (κ2) is 5.80. The highest BCUT2D eigenvalue weighted by atomic mass is 16.2. The van der Waals surface area contributed by atoms with Crippen molar-refractivity contribution in [2.24, 2.45) is 5.84 Å². The molecule has 0 radical (unpaired) electrons. The quantitative estimate of drug-likeness (QED) is 0.410. The molecule has 2 heterocycles. The molecule has 2 aliphatic heterocycles. The number of nitrogens with one attached hydrogen (secondary N) is 1. The van der Waals surface area contributed by atoms with Crippen molar-refractivity contribution in [2.45, 2.75) is 44.7 Å². The molecule has 0 saturated carbocycles. The molecule has 0 bridgehead atoms. The van der Waals surface area contributed by atoms with Crippen LogP contribution in [0.1, 0.15) is 32.6 Å². The number of carbonyl (C=O) groups is 1. The highest BCUT2D eigenvalue weighted by molar-refractivity contribution is 5.75. The Morgan fingerprint density at radius 3 is 3.06 bits per heavy atom. The molecule has 0 aromatic carbocycles. The number of piperazine rings is 1. The van der Waals surface area contributed by atoms with Crippen molar-refractivity contribution in [1.82, 2.24) is 15.2 Å². The normalized spacial score (nSPS) is 30.2. The molecule has 2 atom stereocenters. The minimum Gasteiger partial charge on any atom is -0.298 e. The number of fused-ring (bicyclic) bond motifs is 1. The average Bonchev–Trinajstić information content (AvgIpc) is 2.76. The van der Waals surface area contributed by atoms with Crippen molar-refractivity contribution < 1.29 is 4.79 Å². The monoisotopic (exact) mass is 240 g/mol. The summed E-state index contributed by atoms with van der Waals surface area (Å²) in [5.74, 6) is 5.01. The fourth-order valence-electron chi connectivity index (χ4n) is 3.07. The average molecular weight is 240 g/mol. The number of hydrogen-bond acceptors (Lipinski definition) is 4. The van der Waals surface area contributed by atoms with Gasteiger partial charge in [0.25, 0.3) is 0 Å². The lowest BCUT2D eigenvalue weighted by atomic mass is 10.1. The maximum Gasteiger partial charge on any atom is 0.233 e. The van der Waals surface area contributed by atoms with Gasteiger partial charge in [-0.25, -0.2) is 5.84 Å². The summed E-state index contributed by atoms with van der Waals surface area (Å²) in [6, 6.07) is 1.37. The molecular formula is C12H24N4O. The molecule has 17 heavy (non-hydrogen) atoms. The van der Waals surface area contributed by atoms with Gasteiger partial charge in [-0.3, -0.25) is 20.0 Å². The van der Waals surface area contributed by atoms with Crippen LogP contribution in [0.15, 0.2) is 0 Å². The van der Waals surface area contributed by atoms with E-state index in [-0.39, 0.29) is 5.91 Å². The number of nitrogens with two attached hydrogens (primary N) is 1. The molecule has 0 spiro atoms. The fraction of sp³-hybridized carbons (Fsp3) is 0.917. The Morgan fingerprint density at radius 1 is 1.47 bits per heavy atom. The van der Waals surface area contributed by atoms with Gasteiger partial charge in [-0.05, 0) is 39.3 Å². The van der Waals surface area contributed by atoms with E-state index in [1.54, 1.807) is 0 Å². The summed E-state index contributed by atoms with van der Waals surface area (Å²) in [6.07, 6.45) is 4.13. The smallest absolute Gasteiger partial charge is 0.233 e. The van der Waals surface area contributed by atoms with E-state index in [9.17, 15) is 4.79 Å². The van der Waals surface area contributed by atoms with E-state index in [0.717, 1.165) is 19.0 Å². The Labute approximate surface area is 103 Å². The second-order valence-corrected chi connectivity index (χ2v) is 5.31. The van der Waals surface area contributed by atoms with Crippen LogP contribution in [-0.2, 0) is 4.79 Å². The van der Waals surface area contributed by atoms with E-state index >= 15 is 0 Å². The van der Waals surface area contributed by atoms with Crippen molar-refractivity contribution in [3.8, 4) is 0 Å². The standard InChI is InChI=1S/C12H24N4O/c1-10-8-16-7-2-4-11(16)9-15(10)6-3-5-12(17)14-13/h10-11H,2-9,13H2,1H3,(H,14,17). The number of hydrazine groups is 1. The summed E-state index contributed by atoms with van der Waals surface area (Å²) in [7, 11) is 0. The maximum atomic E-state index is 11.1. The molecule has 0 aromatic rings. The molecular weight excluding hydrogens is 216 g/mol. The van der Waals surface area contributed by atoms with E-state index in [1.165, 1.54) is 32.5 Å². The highest BCUT2D eigenvalue weighted by Crippen LogP contribution is 2.24. The zero-order chi connectivity index (χ0) is 12.3. The van der Waals surface area contributed by atoms with Crippen LogP contribution < -0.4 is 11.3 Å². The Balaban J connectivity index is 1.74. The summed E-state index contributed by atoms with van der Waals surface area (Å²) in [6.45, 7) is 6.94. The van der Waals surface area contributed by atoms with Gasteiger partial charge < -0.3 is 0 Å². The third-order valence-corrected chi connectivity index (χ3v) is 4.08. The minimum absolute atomic E-state index is 0.0582. The van der Waals surface area contributed by atoms with E-state index < -0.39 is 0 Å². The fourth-order valence-corrected chi connectivity index (χ4v) is 3.07. The van der Waals surface area contributed by atoms with Crippen LogP contribution in [0.25, 0.3) is 0 Å². The van der Waals surface area contributed by atoms with Gasteiger partial charge in [-0.2, -0.15) is 0 Å². The third kappa shape index (κ3) is 3.18. The van der Waals surface area contributed by atoms with E-state index in [2.05, 4.69) is 22.1 Å². The summed E-state index contributed by atoms with van der Waals surface area (Å²) in [4.78, 5) is 16.2. The van der Waals surface area contributed by atoms with Crippen LogP contribution in [0.2, 0.25) is 0 Å². The lowest BCUT2D eigenvalue weighted by Gasteiger charge is -2.42. The van der Waals surface area contributed by atoms with Crippen molar-refractivity contribution >= 4 is 5.91 Å². The number of rotatable bonds is 4. The van der Waals surface area contributed by atoms with Gasteiger partial charge in [0.15, 0.2) is 0 Å². The van der Waals surface area contributed by atoms with Crippen LogP contribution >= 0.6 is 0 Å². The van der Waals surface area contributed by atoms with Gasteiger partial charge in [0, 0.05) is 31.6 Å². The molecule has 0 aromatic heterocycles. The molecule has 2 fully saturated rings. The van der Waals surface area contributed by atoms with Crippen molar-refractivity contribution in [3.63, 3.8) is 0 Å². The molecule has 5 heteroatoms. The third-order valence-electron chi connectivity index (χ3n) is 4.08. The molecule has 2 saturated heterocycles. The predicted molar refractivity (Wildman–Crippen MR) is 67.2 cm³/mol. The lowest BCUT2D eigenvalue weighted by Crippen LogP contribution is -2.55. The topological polar surface area (TPSA) is 61.6 Å². The Kier molecular flexibility index (Phi) is 4.36. The zero-order valence-electron chi connectivity index (χ0n) is 10.7. The maximum absolute atomic E-state index is 11.1. The number of nitrogens with zero attached hydrogens (tertiary/aromatic N) is 2. The van der Waals surface area contributed by atoms with E-state index in [0.29, 0.717) is 12.5 Å². The summed E-state index contributed by atoms with van der Waals surface area (Å²) < 4.78 is 0. The number of amides is 1. The molecule has 1 amide bonds. The van der Waals surface area contributed by atoms with Crippen LogP contribution in [-0.4, -0.2) is 54.0 Å². The van der Waals surface area contributed by atoms with Gasteiger partial charge in [0.1, 0.15) is 0 Å². The first-order valence-corrected chi connectivity index (χ1v) is 6.68. The Morgan fingerprint density at radius 2 is 2.29 bits per heavy atom. The van der Waals surface area contributed by atoms with Gasteiger partial charge in [-0.1, -0.05) is 0 Å². The summed E-state index contributed by atoms with van der Waals surface area (Å²) >= 11 is 0. The molecule has 5 nitrogen and oxygen atoms in total. The van der Waals surface area contributed by atoms with E-state index in [4.69, 9.17) is 5.84 Å². The first-order valence-electron chi connectivity index (χ1n) is 6.68. The number of carbonyl (C=O) groups excluding carboxylic acids is 1. The number of hydrogen-bond donors (Lipinski definition) is 2. The summed E-state index contributed by atoms with van der Waals surface area (Å²) in [5, 5.41) is 0. The van der Waals surface area contributed by atoms with Crippen molar-refractivity contribution in [1.29, 1.82) is 0 Å². The minimum atomic E-state index is -0.0582. The molecule has 2 rings (SSSR count). The molecule has 0 aliphatic carbocycles. The highest BCUT2D eigenvalue weighted by Gasteiger charge is 2.33. The lowest BCUT2D eigenvalue weighted by molar-refractivity contribution is -0.121. The first kappa shape index (κ1) is 12.8. The predicted octanol–water partition coefficient (Wildman–Crippen LogP) is -0.0750. The van der Waals surface area contributed by atoms with Crippen LogP contribution in [0.4, 0.5) is 0 Å². The van der Waals surface area contributed by atoms with Crippen LogP contribution in [0.3, 0.4) is 0 Å². The molecule has 98 valence electrons. The zero-order valence-corrected chi connectivity index (χ0v) is 10.7. The Hall–Kier alpha value is -0.650. The van der Waals surface area contributed by atoms with Gasteiger partial charge >= 0.3 is 0 Å². The Bertz CT molecular complexity index is 271. The van der Waals surface area contributed by atoms with Crippen molar-refractivity contribution in [3.05, 3.63) is 0 Å². The SMILES string of the molecule is CC1CN2CCCC2CN1CCCC(=O)NN. The second-order valence-electron chi connectivity index (χ2n) is 5.31. The molecule has 2 aliphatic rings. The van der Waals surface area contributed by atoms with Gasteiger partial charge in [-0.15, -0.1) is 0 Å². The summed E-state index contributed by atoms with van der Waals surface area (Å²) in [5.41, 5.74) is 2.19. The van der Waals surface area contributed by atoms with Crippen LogP contribution in [0, 0.1) is 0 Å². The first-order chi connectivity index (χ1) is 8.20. The largest absolute Gasteiger partial charge is 0.298 e. The van der Waals surface area contributed by atoms with Crippen molar-refractivity contribution in [2.75, 3.05) is 26.2 Å². The van der Waals surface area contributed by atoms with Crippen LogP contribution in [0.5, 0.6) is 0 Å². The van der Waals surface area contributed by atoms with Gasteiger partial charge in [0.2, 0.25) is 5.91 Å². The van der Waals surface area contributed by atoms with Gasteiger partial charge in [0.05, 0.1) is 0 Å². The molecule has 3 N–H and O–H groups in total. The molecule has 2 unspecified atom stereocenters. The van der Waals surface area contributed by atoms with E-state index in [1.807, 2.05) is 0 Å².